The van der Waals surface area contributed by atoms with Gasteiger partial charge < -0.3 is 34.4 Å². The first-order valence-corrected chi connectivity index (χ1v) is 12.0. The molecule has 3 aliphatic heterocycles. The Morgan fingerprint density at radius 1 is 1.03 bits per heavy atom. The summed E-state index contributed by atoms with van der Waals surface area (Å²) in [6, 6.07) is 7.28. The zero-order valence-electron chi connectivity index (χ0n) is 20.0. The summed E-state index contributed by atoms with van der Waals surface area (Å²) in [5.41, 5.74) is 2.81. The van der Waals surface area contributed by atoms with Crippen LogP contribution in [0.4, 0.5) is 22.2 Å². The van der Waals surface area contributed by atoms with Gasteiger partial charge in [0.15, 0.2) is 0 Å². The number of ether oxygens (including phenoxy) is 2. The molecule has 2 aromatic rings. The Morgan fingerprint density at radius 3 is 2.59 bits per heavy atom. The van der Waals surface area contributed by atoms with E-state index < -0.39 is 0 Å². The average molecular weight is 468 g/mol. The van der Waals surface area contributed by atoms with E-state index in [0.29, 0.717) is 44.2 Å². The molecule has 2 fully saturated rings. The van der Waals surface area contributed by atoms with E-state index in [9.17, 15) is 4.79 Å². The standard InChI is InChI=1S/C24H33N7O3/c1-28-8-10-30(11-9-28)23-26-21-6-7-31(24(32)25-18-4-3-5-19(16-18)33-2)17-20(21)22(27-23)29-12-14-34-15-13-29/h3-5,16H,6-15,17H2,1-2H3,(H,25,32). The number of fused-ring (bicyclic) bond motifs is 1. The van der Waals surface area contributed by atoms with Crippen LogP contribution in [0, 0.1) is 0 Å². The van der Waals surface area contributed by atoms with E-state index in [2.05, 4.69) is 27.1 Å². The number of anilines is 3. The normalized spacial score (nSPS) is 19.1. The third-order valence-corrected chi connectivity index (χ3v) is 6.73. The Bertz CT molecular complexity index is 1020. The SMILES string of the molecule is COc1cccc(NC(=O)N2CCc3nc(N4CCN(C)CC4)nc(N4CCOCC4)c3C2)c1. The van der Waals surface area contributed by atoms with Crippen molar-refractivity contribution in [3.8, 4) is 5.75 Å². The van der Waals surface area contributed by atoms with E-state index in [1.807, 2.05) is 29.2 Å². The number of hydrogen-bond donors (Lipinski definition) is 1. The molecule has 0 saturated carbocycles. The van der Waals surface area contributed by atoms with Crippen molar-refractivity contribution in [1.29, 1.82) is 0 Å². The highest BCUT2D eigenvalue weighted by Crippen LogP contribution is 2.30. The minimum atomic E-state index is -0.130. The predicted octanol–water partition coefficient (Wildman–Crippen LogP) is 1.66. The van der Waals surface area contributed by atoms with Gasteiger partial charge in [-0.15, -0.1) is 0 Å². The molecule has 1 aromatic heterocycles. The molecule has 5 rings (SSSR count). The molecule has 34 heavy (non-hydrogen) atoms. The van der Waals surface area contributed by atoms with Gasteiger partial charge in [-0.25, -0.2) is 9.78 Å². The van der Waals surface area contributed by atoms with Crippen LogP contribution in [0.15, 0.2) is 24.3 Å². The van der Waals surface area contributed by atoms with Crippen LogP contribution in [-0.4, -0.2) is 99.0 Å². The summed E-state index contributed by atoms with van der Waals surface area (Å²) in [7, 11) is 3.77. The van der Waals surface area contributed by atoms with Crippen LogP contribution in [-0.2, 0) is 17.7 Å². The van der Waals surface area contributed by atoms with Crippen molar-refractivity contribution in [3.63, 3.8) is 0 Å². The quantitative estimate of drug-likeness (QED) is 0.727. The predicted molar refractivity (Wildman–Crippen MR) is 131 cm³/mol. The number of nitrogens with zero attached hydrogens (tertiary/aromatic N) is 6. The van der Waals surface area contributed by atoms with E-state index in [1.54, 1.807) is 7.11 Å². The Balaban J connectivity index is 1.39. The second-order valence-corrected chi connectivity index (χ2v) is 9.00. The molecule has 3 aliphatic rings. The molecular weight excluding hydrogens is 434 g/mol. The van der Waals surface area contributed by atoms with Crippen molar-refractivity contribution in [1.82, 2.24) is 19.8 Å². The monoisotopic (exact) mass is 467 g/mol. The zero-order chi connectivity index (χ0) is 23.5. The van der Waals surface area contributed by atoms with Gasteiger partial charge >= 0.3 is 6.03 Å². The molecular formula is C24H33N7O3. The molecule has 1 aromatic carbocycles. The van der Waals surface area contributed by atoms with Crippen molar-refractivity contribution >= 4 is 23.5 Å². The number of morpholine rings is 1. The van der Waals surface area contributed by atoms with Crippen LogP contribution >= 0.6 is 0 Å². The summed E-state index contributed by atoms with van der Waals surface area (Å²) in [5, 5.41) is 3.00. The molecule has 0 radical (unpaired) electrons. The van der Waals surface area contributed by atoms with Gasteiger partial charge in [-0.2, -0.15) is 4.98 Å². The Kier molecular flexibility index (Phi) is 6.68. The highest BCUT2D eigenvalue weighted by Gasteiger charge is 2.30. The highest BCUT2D eigenvalue weighted by molar-refractivity contribution is 5.89. The number of benzene rings is 1. The van der Waals surface area contributed by atoms with E-state index >= 15 is 0 Å². The Morgan fingerprint density at radius 2 is 1.82 bits per heavy atom. The van der Waals surface area contributed by atoms with E-state index in [-0.39, 0.29) is 6.03 Å². The maximum Gasteiger partial charge on any atom is 0.322 e. The molecule has 2 saturated heterocycles. The molecule has 0 bridgehead atoms. The molecule has 10 heteroatoms. The van der Waals surface area contributed by atoms with Gasteiger partial charge in [0.25, 0.3) is 0 Å². The van der Waals surface area contributed by atoms with Crippen LogP contribution in [0.3, 0.4) is 0 Å². The smallest absolute Gasteiger partial charge is 0.322 e. The molecule has 10 nitrogen and oxygen atoms in total. The molecule has 1 N–H and O–H groups in total. The molecule has 4 heterocycles. The minimum Gasteiger partial charge on any atom is -0.497 e. The van der Waals surface area contributed by atoms with Crippen molar-refractivity contribution < 1.29 is 14.3 Å². The lowest BCUT2D eigenvalue weighted by Crippen LogP contribution is -2.46. The number of carbonyl (C=O) groups excluding carboxylic acids is 1. The zero-order valence-corrected chi connectivity index (χ0v) is 20.0. The summed E-state index contributed by atoms with van der Waals surface area (Å²) in [4.78, 5) is 31.9. The average Bonchev–Trinajstić information content (AvgIpc) is 2.88. The van der Waals surface area contributed by atoms with Crippen LogP contribution < -0.4 is 19.9 Å². The Labute approximate surface area is 200 Å². The van der Waals surface area contributed by atoms with E-state index in [1.165, 1.54) is 0 Å². The molecule has 0 spiro atoms. The first-order valence-electron chi connectivity index (χ1n) is 12.0. The summed E-state index contributed by atoms with van der Waals surface area (Å²) >= 11 is 0. The van der Waals surface area contributed by atoms with Crippen LogP contribution in [0.5, 0.6) is 5.75 Å². The minimum absolute atomic E-state index is 0.130. The third-order valence-electron chi connectivity index (χ3n) is 6.73. The number of amides is 2. The second-order valence-electron chi connectivity index (χ2n) is 9.00. The van der Waals surface area contributed by atoms with Gasteiger partial charge in [-0.3, -0.25) is 0 Å². The summed E-state index contributed by atoms with van der Waals surface area (Å²) in [6.07, 6.45) is 0.710. The van der Waals surface area contributed by atoms with Gasteiger partial charge in [0.05, 0.1) is 32.6 Å². The topological polar surface area (TPSA) is 86.3 Å². The maximum atomic E-state index is 13.1. The number of carbonyl (C=O) groups is 1. The number of rotatable bonds is 4. The van der Waals surface area contributed by atoms with Crippen molar-refractivity contribution in [3.05, 3.63) is 35.5 Å². The number of methoxy groups -OCH3 is 1. The summed E-state index contributed by atoms with van der Waals surface area (Å²) < 4.78 is 10.9. The van der Waals surface area contributed by atoms with E-state index in [0.717, 1.165) is 62.3 Å². The van der Waals surface area contributed by atoms with Crippen molar-refractivity contribution in [2.75, 3.05) is 88.3 Å². The second kappa shape index (κ2) is 10.0. The summed E-state index contributed by atoms with van der Waals surface area (Å²) in [6.45, 7) is 7.91. The molecule has 0 atom stereocenters. The number of piperazine rings is 1. The first kappa shape index (κ1) is 22.7. The highest BCUT2D eigenvalue weighted by atomic mass is 16.5. The number of urea groups is 1. The first-order chi connectivity index (χ1) is 16.6. The number of aromatic nitrogens is 2. The van der Waals surface area contributed by atoms with Gasteiger partial charge in [-0.1, -0.05) is 6.07 Å². The lowest BCUT2D eigenvalue weighted by atomic mass is 10.1. The maximum absolute atomic E-state index is 13.1. The molecule has 0 aliphatic carbocycles. The molecule has 182 valence electrons. The Hall–Kier alpha value is -3.11. The largest absolute Gasteiger partial charge is 0.497 e. The fourth-order valence-electron chi connectivity index (χ4n) is 4.65. The van der Waals surface area contributed by atoms with Gasteiger partial charge in [-0.05, 0) is 19.2 Å². The van der Waals surface area contributed by atoms with Gasteiger partial charge in [0, 0.05) is 69.6 Å². The molecule has 0 unspecified atom stereocenters. The fraction of sp³-hybridized carbons (Fsp3) is 0.542. The number of likely N-dealkylation sites (N-methyl/N-ethyl adjacent to an activating group) is 1. The lowest BCUT2D eigenvalue weighted by Gasteiger charge is -2.37. The molecule has 2 amide bonds. The fourth-order valence-corrected chi connectivity index (χ4v) is 4.65. The number of hydrogen-bond acceptors (Lipinski definition) is 8. The lowest BCUT2D eigenvalue weighted by molar-refractivity contribution is 0.122. The van der Waals surface area contributed by atoms with Crippen LogP contribution in [0.1, 0.15) is 11.3 Å². The van der Waals surface area contributed by atoms with Crippen LogP contribution in [0.25, 0.3) is 0 Å². The third kappa shape index (κ3) is 4.88. The van der Waals surface area contributed by atoms with Crippen molar-refractivity contribution in [2.24, 2.45) is 0 Å². The van der Waals surface area contributed by atoms with Gasteiger partial charge in [0.1, 0.15) is 11.6 Å². The van der Waals surface area contributed by atoms with Crippen molar-refractivity contribution in [2.45, 2.75) is 13.0 Å². The number of nitrogens with one attached hydrogen (secondary N) is 1. The summed E-state index contributed by atoms with van der Waals surface area (Å²) in [5.74, 6) is 2.46. The van der Waals surface area contributed by atoms with Gasteiger partial charge in [0.2, 0.25) is 5.95 Å². The van der Waals surface area contributed by atoms with Crippen LogP contribution in [0.2, 0.25) is 0 Å². The van der Waals surface area contributed by atoms with E-state index in [4.69, 9.17) is 19.4 Å².